The fraction of sp³-hybridized carbons (Fsp3) is 0.333. The number of rotatable bonds is 2. The number of hydrogen-bond donors (Lipinski definition) is 1. The second-order valence-corrected chi connectivity index (χ2v) is 4.52. The third-order valence-electron chi connectivity index (χ3n) is 2.91. The third-order valence-corrected chi connectivity index (χ3v) is 3.43. The summed E-state index contributed by atoms with van der Waals surface area (Å²) in [5, 5.41) is 8.58. The lowest BCUT2D eigenvalue weighted by Crippen LogP contribution is -2.26. The van der Waals surface area contributed by atoms with E-state index in [9.17, 15) is 13.6 Å². The summed E-state index contributed by atoms with van der Waals surface area (Å²) in [7, 11) is 0. The van der Waals surface area contributed by atoms with Gasteiger partial charge in [0.05, 0.1) is 11.3 Å². The van der Waals surface area contributed by atoms with Gasteiger partial charge in [-0.25, -0.2) is 8.78 Å². The third kappa shape index (κ3) is 2.18. The summed E-state index contributed by atoms with van der Waals surface area (Å²) in [6.45, 7) is 0.324. The van der Waals surface area contributed by atoms with E-state index in [0.717, 1.165) is 12.1 Å². The molecule has 6 heteroatoms. The highest BCUT2D eigenvalue weighted by Gasteiger charge is 2.31. The van der Waals surface area contributed by atoms with Crippen molar-refractivity contribution in [2.24, 2.45) is 5.92 Å². The van der Waals surface area contributed by atoms with Crippen LogP contribution in [0.15, 0.2) is 12.1 Å². The summed E-state index contributed by atoms with van der Waals surface area (Å²) < 4.78 is 27.2. The van der Waals surface area contributed by atoms with Crippen molar-refractivity contribution in [3.8, 4) is 6.07 Å². The molecule has 1 amide bonds. The minimum Gasteiger partial charge on any atom is -0.309 e. The van der Waals surface area contributed by atoms with Crippen LogP contribution in [0.3, 0.4) is 0 Å². The van der Waals surface area contributed by atoms with Crippen LogP contribution in [0.1, 0.15) is 12.0 Å². The van der Waals surface area contributed by atoms with Crippen LogP contribution in [0.4, 0.5) is 14.5 Å². The van der Waals surface area contributed by atoms with E-state index in [4.69, 9.17) is 5.26 Å². The minimum atomic E-state index is -0.823. The molecule has 0 bridgehead atoms. The molecule has 0 spiro atoms. The fourth-order valence-electron chi connectivity index (χ4n) is 1.97. The Morgan fingerprint density at radius 1 is 1.44 bits per heavy atom. The number of anilines is 1. The summed E-state index contributed by atoms with van der Waals surface area (Å²) in [5.41, 5.74) is -0.477. The van der Waals surface area contributed by atoms with Crippen molar-refractivity contribution in [1.82, 2.24) is 0 Å². The quantitative estimate of drug-likeness (QED) is 0.835. The Hall–Kier alpha value is -1.61. The Morgan fingerprint density at radius 3 is 2.72 bits per heavy atom. The van der Waals surface area contributed by atoms with E-state index in [1.165, 1.54) is 4.90 Å². The van der Waals surface area contributed by atoms with Gasteiger partial charge in [0.15, 0.2) is 0 Å². The molecule has 1 unspecified atom stereocenters. The molecule has 94 valence electrons. The van der Waals surface area contributed by atoms with Crippen molar-refractivity contribution in [1.29, 1.82) is 5.26 Å². The first-order valence-corrected chi connectivity index (χ1v) is 6.00. The number of amides is 1. The van der Waals surface area contributed by atoms with Crippen LogP contribution >= 0.6 is 12.6 Å². The van der Waals surface area contributed by atoms with E-state index in [1.54, 1.807) is 6.07 Å². The molecule has 1 heterocycles. The molecule has 1 saturated heterocycles. The van der Waals surface area contributed by atoms with E-state index in [1.807, 2.05) is 0 Å². The van der Waals surface area contributed by atoms with Crippen LogP contribution in [0.2, 0.25) is 0 Å². The summed E-state index contributed by atoms with van der Waals surface area (Å²) in [6.07, 6.45) is 0.282. The number of benzene rings is 1. The summed E-state index contributed by atoms with van der Waals surface area (Å²) in [5.74, 6) is -1.28. The van der Waals surface area contributed by atoms with Gasteiger partial charge in [-0.15, -0.1) is 0 Å². The molecular weight excluding hydrogens is 258 g/mol. The van der Waals surface area contributed by atoms with Gasteiger partial charge in [0, 0.05) is 19.0 Å². The van der Waals surface area contributed by atoms with Crippen LogP contribution < -0.4 is 4.90 Å². The molecule has 0 saturated carbocycles. The highest BCUT2D eigenvalue weighted by molar-refractivity contribution is 7.80. The normalized spacial score (nSPS) is 19.1. The number of nitrogens with zero attached hydrogens (tertiary/aromatic N) is 2. The molecule has 1 aliphatic heterocycles. The zero-order valence-electron chi connectivity index (χ0n) is 9.36. The second kappa shape index (κ2) is 4.94. The molecule has 1 atom stereocenters. The van der Waals surface area contributed by atoms with Crippen LogP contribution in [0.25, 0.3) is 0 Å². The van der Waals surface area contributed by atoms with E-state index in [2.05, 4.69) is 12.6 Å². The number of nitriles is 1. The Labute approximate surface area is 108 Å². The van der Waals surface area contributed by atoms with Gasteiger partial charge in [0.25, 0.3) is 0 Å². The Balaban J connectivity index is 2.38. The van der Waals surface area contributed by atoms with Crippen molar-refractivity contribution < 1.29 is 13.6 Å². The van der Waals surface area contributed by atoms with Gasteiger partial charge >= 0.3 is 0 Å². The second-order valence-electron chi connectivity index (χ2n) is 4.15. The van der Waals surface area contributed by atoms with Crippen molar-refractivity contribution >= 4 is 24.2 Å². The van der Waals surface area contributed by atoms with Gasteiger partial charge < -0.3 is 4.90 Å². The van der Waals surface area contributed by atoms with Gasteiger partial charge in [-0.1, -0.05) is 0 Å². The Morgan fingerprint density at radius 2 is 2.17 bits per heavy atom. The summed E-state index contributed by atoms with van der Waals surface area (Å²) >= 11 is 4.10. The molecular formula is C12H10F2N2OS. The first-order valence-electron chi connectivity index (χ1n) is 5.37. The molecule has 18 heavy (non-hydrogen) atoms. The molecule has 0 radical (unpaired) electrons. The number of halogens is 2. The lowest BCUT2D eigenvalue weighted by Gasteiger charge is -2.17. The van der Waals surface area contributed by atoms with Crippen molar-refractivity contribution in [2.45, 2.75) is 6.42 Å². The van der Waals surface area contributed by atoms with Crippen molar-refractivity contribution in [3.05, 3.63) is 29.3 Å². The van der Waals surface area contributed by atoms with Gasteiger partial charge in [-0.05, 0) is 17.7 Å². The van der Waals surface area contributed by atoms with Crippen LogP contribution in [0.5, 0.6) is 0 Å². The monoisotopic (exact) mass is 268 g/mol. The number of hydrogen-bond acceptors (Lipinski definition) is 3. The van der Waals surface area contributed by atoms with E-state index >= 15 is 0 Å². The molecule has 1 fully saturated rings. The fourth-order valence-corrected chi connectivity index (χ4v) is 2.21. The first kappa shape index (κ1) is 12.8. The highest BCUT2D eigenvalue weighted by atomic mass is 32.1. The highest BCUT2D eigenvalue weighted by Crippen LogP contribution is 2.29. The van der Waals surface area contributed by atoms with Gasteiger partial charge in [-0.2, -0.15) is 17.9 Å². The Kier molecular flexibility index (Phi) is 3.53. The Bertz CT molecular complexity index is 542. The lowest BCUT2D eigenvalue weighted by atomic mass is 10.1. The van der Waals surface area contributed by atoms with Crippen molar-refractivity contribution in [3.63, 3.8) is 0 Å². The molecule has 3 nitrogen and oxygen atoms in total. The predicted octanol–water partition coefficient (Wildman–Crippen LogP) is 2.12. The average Bonchev–Trinajstić information content (AvgIpc) is 2.73. The van der Waals surface area contributed by atoms with E-state index in [-0.39, 0.29) is 29.5 Å². The van der Waals surface area contributed by atoms with Gasteiger partial charge in [-0.3, -0.25) is 4.79 Å². The maximum Gasteiger partial charge on any atom is 0.227 e. The summed E-state index contributed by atoms with van der Waals surface area (Å²) in [4.78, 5) is 12.9. The standard InChI is InChI=1S/C12H10F2N2OS/c13-9-3-11(10(14)2-8(9)4-15)16-5-7(6-18)1-12(16)17/h2-3,7,18H,1,5-6H2. The van der Waals surface area contributed by atoms with Gasteiger partial charge in [0.1, 0.15) is 17.7 Å². The predicted molar refractivity (Wildman–Crippen MR) is 65.4 cm³/mol. The first-order chi connectivity index (χ1) is 8.56. The van der Waals surface area contributed by atoms with Crippen LogP contribution in [0, 0.1) is 28.9 Å². The maximum absolute atomic E-state index is 13.7. The molecule has 1 aromatic rings. The molecule has 0 aliphatic carbocycles. The number of thiol groups is 1. The van der Waals surface area contributed by atoms with Crippen LogP contribution in [-0.4, -0.2) is 18.2 Å². The largest absolute Gasteiger partial charge is 0.309 e. The smallest absolute Gasteiger partial charge is 0.227 e. The van der Waals surface area contributed by atoms with Gasteiger partial charge in [0.2, 0.25) is 5.91 Å². The molecule has 0 N–H and O–H groups in total. The molecule has 1 aromatic carbocycles. The van der Waals surface area contributed by atoms with Crippen LogP contribution in [-0.2, 0) is 4.79 Å². The average molecular weight is 268 g/mol. The van der Waals surface area contributed by atoms with E-state index in [0.29, 0.717) is 12.3 Å². The number of carbonyl (C=O) groups excluding carboxylic acids is 1. The van der Waals surface area contributed by atoms with E-state index < -0.39 is 11.6 Å². The molecule has 0 aromatic heterocycles. The minimum absolute atomic E-state index is 0.0407. The summed E-state index contributed by atoms with van der Waals surface area (Å²) in [6, 6.07) is 3.26. The topological polar surface area (TPSA) is 44.1 Å². The molecule has 1 aliphatic rings. The maximum atomic E-state index is 13.7. The zero-order chi connectivity index (χ0) is 13.3. The zero-order valence-corrected chi connectivity index (χ0v) is 10.3. The lowest BCUT2D eigenvalue weighted by molar-refractivity contribution is -0.117. The SMILES string of the molecule is N#Cc1cc(F)c(N2CC(CS)CC2=O)cc1F. The van der Waals surface area contributed by atoms with Crippen molar-refractivity contribution in [2.75, 3.05) is 17.2 Å². The number of carbonyl (C=O) groups is 1. The molecule has 2 rings (SSSR count).